The molecule has 19 heavy (non-hydrogen) atoms. The topological polar surface area (TPSA) is 78.4 Å². The van der Waals surface area contributed by atoms with E-state index in [1.807, 2.05) is 6.92 Å². The molecule has 1 rings (SSSR count). The maximum Gasteiger partial charge on any atom is 0.254 e. The van der Waals surface area contributed by atoms with Crippen LogP contribution in [0.1, 0.15) is 23.7 Å². The van der Waals surface area contributed by atoms with Crippen molar-refractivity contribution in [1.29, 1.82) is 0 Å². The minimum Gasteiger partial charge on any atom is -0.394 e. The maximum absolute atomic E-state index is 13.3. The van der Waals surface area contributed by atoms with Crippen molar-refractivity contribution in [2.45, 2.75) is 19.4 Å². The van der Waals surface area contributed by atoms with Crippen LogP contribution in [0.3, 0.4) is 0 Å². The number of benzene rings is 1. The normalized spacial score (nSPS) is 11.7. The first-order valence-electron chi connectivity index (χ1n) is 6.01. The maximum atomic E-state index is 13.3. The van der Waals surface area contributed by atoms with Gasteiger partial charge in [0.15, 0.2) is 0 Å². The molecular formula is C13H17FN2O3. The SMILES string of the molecule is CCC(CO)NC(=O)CNC(=O)c1ccccc1F. The second-order valence-electron chi connectivity index (χ2n) is 4.02. The Morgan fingerprint density at radius 1 is 1.37 bits per heavy atom. The summed E-state index contributed by atoms with van der Waals surface area (Å²) < 4.78 is 13.3. The van der Waals surface area contributed by atoms with Crippen LogP contribution in [-0.2, 0) is 4.79 Å². The highest BCUT2D eigenvalue weighted by Crippen LogP contribution is 2.05. The van der Waals surface area contributed by atoms with Gasteiger partial charge in [-0.05, 0) is 18.6 Å². The lowest BCUT2D eigenvalue weighted by molar-refractivity contribution is -0.121. The summed E-state index contributed by atoms with van der Waals surface area (Å²) in [4.78, 5) is 23.1. The molecule has 0 aliphatic carbocycles. The number of aliphatic hydroxyl groups excluding tert-OH is 1. The monoisotopic (exact) mass is 268 g/mol. The second-order valence-corrected chi connectivity index (χ2v) is 4.02. The minimum absolute atomic E-state index is 0.107. The molecule has 0 fully saturated rings. The molecule has 0 bridgehead atoms. The summed E-state index contributed by atoms with van der Waals surface area (Å²) in [6.45, 7) is 1.40. The summed E-state index contributed by atoms with van der Waals surface area (Å²) in [5, 5.41) is 13.8. The van der Waals surface area contributed by atoms with E-state index < -0.39 is 17.6 Å². The van der Waals surface area contributed by atoms with Crippen molar-refractivity contribution in [3.05, 3.63) is 35.6 Å². The van der Waals surface area contributed by atoms with E-state index in [-0.39, 0.29) is 24.8 Å². The fourth-order valence-electron chi connectivity index (χ4n) is 1.46. The van der Waals surface area contributed by atoms with Gasteiger partial charge in [0.25, 0.3) is 5.91 Å². The van der Waals surface area contributed by atoms with Crippen LogP contribution in [0.25, 0.3) is 0 Å². The van der Waals surface area contributed by atoms with Gasteiger partial charge < -0.3 is 15.7 Å². The molecule has 2 amide bonds. The van der Waals surface area contributed by atoms with E-state index in [1.165, 1.54) is 24.3 Å². The first-order valence-corrected chi connectivity index (χ1v) is 6.01. The number of rotatable bonds is 6. The molecule has 0 heterocycles. The number of carbonyl (C=O) groups is 2. The first kappa shape index (κ1) is 15.1. The number of amides is 2. The van der Waals surface area contributed by atoms with E-state index in [1.54, 1.807) is 0 Å². The van der Waals surface area contributed by atoms with Gasteiger partial charge in [0.2, 0.25) is 5.91 Å². The van der Waals surface area contributed by atoms with Gasteiger partial charge in [0, 0.05) is 0 Å². The molecule has 0 spiro atoms. The zero-order valence-corrected chi connectivity index (χ0v) is 10.6. The quantitative estimate of drug-likeness (QED) is 0.700. The smallest absolute Gasteiger partial charge is 0.254 e. The lowest BCUT2D eigenvalue weighted by Crippen LogP contribution is -2.43. The third kappa shape index (κ3) is 4.67. The van der Waals surface area contributed by atoms with Crippen LogP contribution in [0.15, 0.2) is 24.3 Å². The van der Waals surface area contributed by atoms with Gasteiger partial charge in [-0.25, -0.2) is 4.39 Å². The van der Waals surface area contributed by atoms with Crippen LogP contribution in [0.4, 0.5) is 4.39 Å². The fourth-order valence-corrected chi connectivity index (χ4v) is 1.46. The summed E-state index contributed by atoms with van der Waals surface area (Å²) >= 11 is 0. The molecule has 6 heteroatoms. The van der Waals surface area contributed by atoms with E-state index in [0.717, 1.165) is 0 Å². The Hall–Kier alpha value is -1.95. The average Bonchev–Trinajstić information content (AvgIpc) is 2.42. The predicted molar refractivity (Wildman–Crippen MR) is 68.0 cm³/mol. The number of halogens is 1. The van der Waals surface area contributed by atoms with Crippen molar-refractivity contribution in [2.75, 3.05) is 13.2 Å². The van der Waals surface area contributed by atoms with Gasteiger partial charge in [-0.3, -0.25) is 9.59 Å². The van der Waals surface area contributed by atoms with Crippen LogP contribution < -0.4 is 10.6 Å². The van der Waals surface area contributed by atoms with Crippen LogP contribution in [0.2, 0.25) is 0 Å². The Labute approximate surface area is 110 Å². The standard InChI is InChI=1S/C13H17FN2O3/c1-2-9(8-17)16-12(18)7-15-13(19)10-5-3-4-6-11(10)14/h3-6,9,17H,2,7-8H2,1H3,(H,15,19)(H,16,18). The van der Waals surface area contributed by atoms with Crippen molar-refractivity contribution in [3.63, 3.8) is 0 Å². The Balaban J connectivity index is 2.47. The molecular weight excluding hydrogens is 251 g/mol. The lowest BCUT2D eigenvalue weighted by Gasteiger charge is -2.14. The van der Waals surface area contributed by atoms with E-state index in [0.29, 0.717) is 6.42 Å². The summed E-state index contributed by atoms with van der Waals surface area (Å²) in [7, 11) is 0. The van der Waals surface area contributed by atoms with Gasteiger partial charge in [-0.2, -0.15) is 0 Å². The van der Waals surface area contributed by atoms with Crippen molar-refractivity contribution >= 4 is 11.8 Å². The zero-order valence-electron chi connectivity index (χ0n) is 10.6. The average molecular weight is 268 g/mol. The van der Waals surface area contributed by atoms with Crippen LogP contribution >= 0.6 is 0 Å². The van der Waals surface area contributed by atoms with Crippen LogP contribution in [0, 0.1) is 5.82 Å². The van der Waals surface area contributed by atoms with Gasteiger partial charge in [0.1, 0.15) is 5.82 Å². The molecule has 0 aromatic heterocycles. The third-order valence-corrected chi connectivity index (χ3v) is 2.61. The molecule has 0 radical (unpaired) electrons. The third-order valence-electron chi connectivity index (χ3n) is 2.61. The highest BCUT2D eigenvalue weighted by Gasteiger charge is 2.13. The molecule has 1 atom stereocenters. The highest BCUT2D eigenvalue weighted by molar-refractivity contribution is 5.96. The Morgan fingerprint density at radius 3 is 2.63 bits per heavy atom. The summed E-state index contributed by atoms with van der Waals surface area (Å²) in [5.74, 6) is -1.71. The molecule has 1 aromatic rings. The Morgan fingerprint density at radius 2 is 2.05 bits per heavy atom. The van der Waals surface area contributed by atoms with E-state index in [2.05, 4.69) is 10.6 Å². The number of nitrogens with one attached hydrogen (secondary N) is 2. The number of hydrogen-bond acceptors (Lipinski definition) is 3. The lowest BCUT2D eigenvalue weighted by atomic mass is 10.2. The molecule has 5 nitrogen and oxygen atoms in total. The number of carbonyl (C=O) groups excluding carboxylic acids is 2. The van der Waals surface area contributed by atoms with Gasteiger partial charge in [-0.1, -0.05) is 19.1 Å². The zero-order chi connectivity index (χ0) is 14.3. The van der Waals surface area contributed by atoms with Crippen LogP contribution in [-0.4, -0.2) is 36.1 Å². The minimum atomic E-state index is -0.648. The van der Waals surface area contributed by atoms with Crippen molar-refractivity contribution in [1.82, 2.24) is 10.6 Å². The molecule has 104 valence electrons. The summed E-state index contributed by atoms with van der Waals surface area (Å²) in [5.41, 5.74) is -0.107. The highest BCUT2D eigenvalue weighted by atomic mass is 19.1. The largest absolute Gasteiger partial charge is 0.394 e. The summed E-state index contributed by atoms with van der Waals surface area (Å²) in [6.07, 6.45) is 0.587. The molecule has 1 aromatic carbocycles. The van der Waals surface area contributed by atoms with E-state index >= 15 is 0 Å². The molecule has 0 aliphatic heterocycles. The number of aliphatic hydroxyl groups is 1. The van der Waals surface area contributed by atoms with Crippen molar-refractivity contribution in [3.8, 4) is 0 Å². The van der Waals surface area contributed by atoms with E-state index in [9.17, 15) is 14.0 Å². The summed E-state index contributed by atoms with van der Waals surface area (Å²) in [6, 6.07) is 5.19. The van der Waals surface area contributed by atoms with Gasteiger partial charge in [-0.15, -0.1) is 0 Å². The molecule has 1 unspecified atom stereocenters. The van der Waals surface area contributed by atoms with Crippen molar-refractivity contribution < 1.29 is 19.1 Å². The molecule has 0 aliphatic rings. The van der Waals surface area contributed by atoms with Crippen LogP contribution in [0.5, 0.6) is 0 Å². The number of hydrogen-bond donors (Lipinski definition) is 3. The van der Waals surface area contributed by atoms with Crippen molar-refractivity contribution in [2.24, 2.45) is 0 Å². The predicted octanol–water partition coefficient (Wildman–Crippen LogP) is 0.443. The Bertz CT molecular complexity index is 447. The fraction of sp³-hybridized carbons (Fsp3) is 0.385. The first-order chi connectivity index (χ1) is 9.08. The van der Waals surface area contributed by atoms with E-state index in [4.69, 9.17) is 5.11 Å². The molecule has 0 saturated heterocycles. The van der Waals surface area contributed by atoms with Gasteiger partial charge in [0.05, 0.1) is 24.8 Å². The molecule has 3 N–H and O–H groups in total. The van der Waals surface area contributed by atoms with Gasteiger partial charge >= 0.3 is 0 Å². The second kappa shape index (κ2) is 7.48. The molecule has 0 saturated carbocycles. The Kier molecular flexibility index (Phi) is 5.95.